The third-order valence-electron chi connectivity index (χ3n) is 5.50. The number of benzene rings is 1. The molecule has 1 unspecified atom stereocenters. The molecule has 0 aliphatic rings. The maximum atomic E-state index is 6.06. The Balaban J connectivity index is 1.93. The largest absolute Gasteiger partial charge is 0.0843 e. The van der Waals surface area contributed by atoms with Gasteiger partial charge in [0.1, 0.15) is 0 Å². The summed E-state index contributed by atoms with van der Waals surface area (Å²) in [5.74, 6) is 0.657. The predicted molar refractivity (Wildman–Crippen MR) is 115 cm³/mol. The molecule has 25 heavy (non-hydrogen) atoms. The van der Waals surface area contributed by atoms with E-state index in [1.54, 1.807) is 0 Å². The molecule has 0 saturated heterocycles. The third kappa shape index (κ3) is 11.0. The molecule has 0 nitrogen and oxygen atoms in total. The Kier molecular flexibility index (Phi) is 13.2. The molecule has 0 radical (unpaired) electrons. The fourth-order valence-electron chi connectivity index (χ4n) is 3.82. The Bertz CT molecular complexity index is 438. The molecule has 0 heterocycles. The molecule has 1 aromatic rings. The maximum Gasteiger partial charge on any atom is 0.0408 e. The Morgan fingerprint density at radius 2 is 1.24 bits per heavy atom. The van der Waals surface area contributed by atoms with Gasteiger partial charge in [-0.25, -0.2) is 0 Å². The summed E-state index contributed by atoms with van der Waals surface area (Å²) < 4.78 is 0. The summed E-state index contributed by atoms with van der Waals surface area (Å²) in [6.07, 6.45) is 19.9. The van der Waals surface area contributed by atoms with Crippen LogP contribution in [0.15, 0.2) is 18.2 Å². The van der Waals surface area contributed by atoms with Crippen molar-refractivity contribution in [3.63, 3.8) is 0 Å². The molecule has 0 spiro atoms. The fraction of sp³-hybridized carbons (Fsp3) is 0.750. The highest BCUT2D eigenvalue weighted by atomic mass is 35.5. The van der Waals surface area contributed by atoms with Crippen LogP contribution in [0.25, 0.3) is 0 Å². The molecule has 0 aromatic heterocycles. The number of hydrogen-bond donors (Lipinski definition) is 0. The highest BCUT2D eigenvalue weighted by molar-refractivity contribution is 6.30. The molecule has 1 heteroatoms. The Hall–Kier alpha value is -0.490. The van der Waals surface area contributed by atoms with Crippen LogP contribution in [0.2, 0.25) is 5.02 Å². The van der Waals surface area contributed by atoms with E-state index in [9.17, 15) is 0 Å². The number of rotatable bonds is 15. The van der Waals surface area contributed by atoms with Crippen molar-refractivity contribution in [3.8, 4) is 0 Å². The minimum Gasteiger partial charge on any atom is -0.0843 e. The van der Waals surface area contributed by atoms with Gasteiger partial charge < -0.3 is 0 Å². The van der Waals surface area contributed by atoms with Crippen molar-refractivity contribution in [1.82, 2.24) is 0 Å². The quantitative estimate of drug-likeness (QED) is 0.272. The van der Waals surface area contributed by atoms with Crippen molar-refractivity contribution in [2.24, 2.45) is 0 Å². The molecule has 0 fully saturated rings. The van der Waals surface area contributed by atoms with E-state index in [0.29, 0.717) is 5.92 Å². The highest BCUT2D eigenvalue weighted by Gasteiger charge is 2.08. The molecule has 0 saturated carbocycles. The van der Waals surface area contributed by atoms with Gasteiger partial charge in [-0.15, -0.1) is 0 Å². The van der Waals surface area contributed by atoms with Crippen molar-refractivity contribution < 1.29 is 0 Å². The van der Waals surface area contributed by atoms with Gasteiger partial charge in [0.25, 0.3) is 0 Å². The molecule has 1 aromatic carbocycles. The number of unbranched alkanes of at least 4 members (excludes halogenated alkanes) is 12. The number of halogens is 1. The lowest BCUT2D eigenvalue weighted by molar-refractivity contribution is 0.526. The lowest BCUT2D eigenvalue weighted by atomic mass is 9.91. The topological polar surface area (TPSA) is 0 Å². The minimum absolute atomic E-state index is 0.657. The Labute approximate surface area is 162 Å². The molecular formula is C24H41Cl. The average Bonchev–Trinajstić information content (AvgIpc) is 2.58. The Morgan fingerprint density at radius 1 is 0.760 bits per heavy atom. The van der Waals surface area contributed by atoms with Crippen LogP contribution >= 0.6 is 11.6 Å². The maximum absolute atomic E-state index is 6.06. The smallest absolute Gasteiger partial charge is 0.0408 e. The van der Waals surface area contributed by atoms with Crippen LogP contribution in [0.4, 0.5) is 0 Å². The summed E-state index contributed by atoms with van der Waals surface area (Å²) >= 11 is 6.06. The van der Waals surface area contributed by atoms with Crippen LogP contribution in [0.5, 0.6) is 0 Å². The third-order valence-corrected chi connectivity index (χ3v) is 5.74. The van der Waals surface area contributed by atoms with Gasteiger partial charge in [-0.1, -0.05) is 115 Å². The van der Waals surface area contributed by atoms with E-state index in [2.05, 4.69) is 32.9 Å². The van der Waals surface area contributed by atoms with Crippen molar-refractivity contribution in [2.45, 2.75) is 117 Å². The number of hydrogen-bond acceptors (Lipinski definition) is 0. The van der Waals surface area contributed by atoms with E-state index in [1.807, 2.05) is 6.07 Å². The second-order valence-electron chi connectivity index (χ2n) is 7.93. The van der Waals surface area contributed by atoms with Gasteiger partial charge in [-0.05, 0) is 42.5 Å². The van der Waals surface area contributed by atoms with Crippen molar-refractivity contribution >= 4 is 11.6 Å². The van der Waals surface area contributed by atoms with Crippen molar-refractivity contribution in [3.05, 3.63) is 34.3 Å². The zero-order valence-electron chi connectivity index (χ0n) is 17.1. The molecule has 0 amide bonds. The second kappa shape index (κ2) is 14.7. The van der Waals surface area contributed by atoms with Gasteiger partial charge in [0.05, 0.1) is 0 Å². The standard InChI is InChI=1S/C24H41Cl/c1-4-5-6-7-8-9-10-11-12-13-14-15-16-17-21(2)24-19-18-23(25)20-22(24)3/h18-21H,4-17H2,1-3H3. The lowest BCUT2D eigenvalue weighted by Gasteiger charge is -2.15. The van der Waals surface area contributed by atoms with E-state index in [4.69, 9.17) is 11.6 Å². The normalized spacial score (nSPS) is 12.5. The van der Waals surface area contributed by atoms with E-state index in [-0.39, 0.29) is 0 Å². The van der Waals surface area contributed by atoms with Gasteiger partial charge in [-0.3, -0.25) is 0 Å². The molecule has 0 N–H and O–H groups in total. The van der Waals surface area contributed by atoms with Crippen LogP contribution in [-0.4, -0.2) is 0 Å². The van der Waals surface area contributed by atoms with E-state index in [0.717, 1.165) is 5.02 Å². The first-order valence-corrected chi connectivity index (χ1v) is 11.3. The summed E-state index contributed by atoms with van der Waals surface area (Å²) in [6.45, 7) is 6.83. The zero-order chi connectivity index (χ0) is 18.3. The molecular weight excluding hydrogens is 324 g/mol. The van der Waals surface area contributed by atoms with E-state index < -0.39 is 0 Å². The molecule has 1 atom stereocenters. The van der Waals surface area contributed by atoms with Gasteiger partial charge >= 0.3 is 0 Å². The summed E-state index contributed by atoms with van der Waals surface area (Å²) in [4.78, 5) is 0. The van der Waals surface area contributed by atoms with Gasteiger partial charge in [-0.2, -0.15) is 0 Å². The van der Waals surface area contributed by atoms with Gasteiger partial charge in [0, 0.05) is 5.02 Å². The molecule has 0 aliphatic heterocycles. The van der Waals surface area contributed by atoms with Crippen LogP contribution in [-0.2, 0) is 0 Å². The fourth-order valence-corrected chi connectivity index (χ4v) is 4.04. The zero-order valence-corrected chi connectivity index (χ0v) is 17.8. The van der Waals surface area contributed by atoms with Crippen LogP contribution < -0.4 is 0 Å². The van der Waals surface area contributed by atoms with Crippen LogP contribution in [0, 0.1) is 6.92 Å². The SMILES string of the molecule is CCCCCCCCCCCCCCCC(C)c1ccc(Cl)cc1C. The van der Waals surface area contributed by atoms with E-state index >= 15 is 0 Å². The van der Waals surface area contributed by atoms with Crippen LogP contribution in [0.1, 0.15) is 121 Å². The van der Waals surface area contributed by atoms with Crippen molar-refractivity contribution in [2.75, 3.05) is 0 Å². The lowest BCUT2D eigenvalue weighted by Crippen LogP contribution is -1.97. The Morgan fingerprint density at radius 3 is 1.72 bits per heavy atom. The summed E-state index contributed by atoms with van der Waals surface area (Å²) in [5, 5.41) is 0.856. The summed E-state index contributed by atoms with van der Waals surface area (Å²) in [6, 6.07) is 6.34. The molecule has 144 valence electrons. The summed E-state index contributed by atoms with van der Waals surface area (Å²) in [7, 11) is 0. The van der Waals surface area contributed by atoms with Crippen molar-refractivity contribution in [1.29, 1.82) is 0 Å². The molecule has 0 aliphatic carbocycles. The first-order valence-electron chi connectivity index (χ1n) is 10.9. The average molecular weight is 365 g/mol. The van der Waals surface area contributed by atoms with Crippen LogP contribution in [0.3, 0.4) is 0 Å². The first-order chi connectivity index (χ1) is 12.1. The highest BCUT2D eigenvalue weighted by Crippen LogP contribution is 2.27. The summed E-state index contributed by atoms with van der Waals surface area (Å²) in [5.41, 5.74) is 2.82. The second-order valence-corrected chi connectivity index (χ2v) is 8.37. The minimum atomic E-state index is 0.657. The molecule has 1 rings (SSSR count). The monoisotopic (exact) mass is 364 g/mol. The predicted octanol–water partition coefficient (Wildman–Crippen LogP) is 9.23. The van der Waals surface area contributed by atoms with E-state index in [1.165, 1.54) is 101 Å². The van der Waals surface area contributed by atoms with Gasteiger partial charge in [0.15, 0.2) is 0 Å². The van der Waals surface area contributed by atoms with Gasteiger partial charge in [0.2, 0.25) is 0 Å². The first kappa shape index (κ1) is 22.6. The molecule has 0 bridgehead atoms. The number of aryl methyl sites for hydroxylation is 1.